The first-order valence-electron chi connectivity index (χ1n) is 6.33. The van der Waals surface area contributed by atoms with Crippen LogP contribution in [0.3, 0.4) is 0 Å². The highest BCUT2D eigenvalue weighted by Gasteiger charge is 2.12. The van der Waals surface area contributed by atoms with Crippen LogP contribution in [-0.4, -0.2) is 36.9 Å². The van der Waals surface area contributed by atoms with Crippen LogP contribution in [0.15, 0.2) is 24.3 Å². The van der Waals surface area contributed by atoms with Gasteiger partial charge in [-0.3, -0.25) is 9.59 Å². The Morgan fingerprint density at radius 1 is 1.32 bits per heavy atom. The van der Waals surface area contributed by atoms with Crippen LogP contribution >= 0.6 is 11.6 Å². The van der Waals surface area contributed by atoms with E-state index >= 15 is 0 Å². The number of nitrogens with zero attached hydrogens (tertiary/aromatic N) is 1. The lowest BCUT2D eigenvalue weighted by Gasteiger charge is -2.17. The lowest BCUT2D eigenvalue weighted by molar-refractivity contribution is -0.128. The van der Waals surface area contributed by atoms with Gasteiger partial charge >= 0.3 is 0 Å². The van der Waals surface area contributed by atoms with E-state index in [4.69, 9.17) is 11.6 Å². The third kappa shape index (κ3) is 4.91. The summed E-state index contributed by atoms with van der Waals surface area (Å²) in [4.78, 5) is 25.2. The monoisotopic (exact) mass is 282 g/mol. The maximum absolute atomic E-state index is 11.8. The number of hydrogen-bond acceptors (Lipinski definition) is 2. The van der Waals surface area contributed by atoms with Crippen LogP contribution in [0.5, 0.6) is 0 Å². The number of carbonyl (C=O) groups is 2. The molecule has 0 aliphatic carbocycles. The SMILES string of the molecule is CCCCN(C)C(=O)CNC(=O)c1ccccc1Cl. The number of unbranched alkanes of at least 4 members (excludes halogenated alkanes) is 1. The zero-order chi connectivity index (χ0) is 14.3. The third-order valence-electron chi connectivity index (χ3n) is 2.79. The fourth-order valence-corrected chi connectivity index (χ4v) is 1.77. The van der Waals surface area contributed by atoms with Crippen molar-refractivity contribution in [3.63, 3.8) is 0 Å². The fraction of sp³-hybridized carbons (Fsp3) is 0.429. The van der Waals surface area contributed by atoms with Crippen molar-refractivity contribution >= 4 is 23.4 Å². The first kappa shape index (κ1) is 15.5. The molecule has 104 valence electrons. The molecule has 0 spiro atoms. The second-order valence-corrected chi connectivity index (χ2v) is 4.74. The summed E-state index contributed by atoms with van der Waals surface area (Å²) in [6.45, 7) is 2.76. The molecule has 0 fully saturated rings. The summed E-state index contributed by atoms with van der Waals surface area (Å²) in [7, 11) is 1.74. The van der Waals surface area contributed by atoms with Gasteiger partial charge in [0.1, 0.15) is 0 Å². The molecule has 0 bridgehead atoms. The Bertz CT molecular complexity index is 449. The highest BCUT2D eigenvalue weighted by Crippen LogP contribution is 2.14. The van der Waals surface area contributed by atoms with Gasteiger partial charge in [0.05, 0.1) is 17.1 Å². The van der Waals surface area contributed by atoms with Gasteiger partial charge in [-0.2, -0.15) is 0 Å². The summed E-state index contributed by atoms with van der Waals surface area (Å²) in [5.41, 5.74) is 0.383. The molecule has 0 aliphatic heterocycles. The summed E-state index contributed by atoms with van der Waals surface area (Å²) in [5, 5.41) is 2.96. The van der Waals surface area contributed by atoms with Crippen molar-refractivity contribution in [2.24, 2.45) is 0 Å². The Balaban J connectivity index is 2.46. The zero-order valence-corrected chi connectivity index (χ0v) is 12.0. The van der Waals surface area contributed by atoms with Gasteiger partial charge in [0.15, 0.2) is 0 Å². The minimum Gasteiger partial charge on any atom is -0.344 e. The summed E-state index contributed by atoms with van der Waals surface area (Å²) in [5.74, 6) is -0.434. The molecule has 0 aliphatic rings. The van der Waals surface area contributed by atoms with Gasteiger partial charge < -0.3 is 10.2 Å². The lowest BCUT2D eigenvalue weighted by atomic mass is 10.2. The molecule has 1 aromatic rings. The van der Waals surface area contributed by atoms with Gasteiger partial charge in [0.2, 0.25) is 5.91 Å². The van der Waals surface area contributed by atoms with Gasteiger partial charge in [-0.05, 0) is 18.6 Å². The Labute approximate surface area is 118 Å². The van der Waals surface area contributed by atoms with E-state index in [-0.39, 0.29) is 18.4 Å². The predicted octanol–water partition coefficient (Wildman–Crippen LogP) is 2.33. The van der Waals surface area contributed by atoms with E-state index in [1.165, 1.54) is 0 Å². The molecule has 2 amide bonds. The first-order chi connectivity index (χ1) is 9.06. The van der Waals surface area contributed by atoms with Crippen molar-refractivity contribution in [3.05, 3.63) is 34.9 Å². The van der Waals surface area contributed by atoms with Gasteiger partial charge in [-0.25, -0.2) is 0 Å². The Kier molecular flexibility index (Phi) is 6.36. The van der Waals surface area contributed by atoms with Gasteiger partial charge in [0.25, 0.3) is 5.91 Å². The van der Waals surface area contributed by atoms with Crippen LogP contribution in [0.1, 0.15) is 30.1 Å². The van der Waals surface area contributed by atoms with Crippen molar-refractivity contribution < 1.29 is 9.59 Å². The topological polar surface area (TPSA) is 49.4 Å². The minimum absolute atomic E-state index is 0.00965. The Morgan fingerprint density at radius 3 is 2.63 bits per heavy atom. The molecule has 0 saturated heterocycles. The second-order valence-electron chi connectivity index (χ2n) is 4.33. The molecule has 0 aromatic heterocycles. The minimum atomic E-state index is -0.331. The Hall–Kier alpha value is -1.55. The molecule has 1 N–H and O–H groups in total. The first-order valence-corrected chi connectivity index (χ1v) is 6.70. The third-order valence-corrected chi connectivity index (χ3v) is 3.12. The molecule has 5 heteroatoms. The molecule has 1 aromatic carbocycles. The van der Waals surface area contributed by atoms with E-state index in [1.54, 1.807) is 36.2 Å². The summed E-state index contributed by atoms with van der Waals surface area (Å²) < 4.78 is 0. The number of benzene rings is 1. The largest absolute Gasteiger partial charge is 0.344 e. The van der Waals surface area contributed by atoms with Gasteiger partial charge in [0, 0.05) is 13.6 Å². The van der Waals surface area contributed by atoms with Crippen LogP contribution in [0.4, 0.5) is 0 Å². The van der Waals surface area contributed by atoms with Crippen molar-refractivity contribution in [3.8, 4) is 0 Å². The van der Waals surface area contributed by atoms with Crippen LogP contribution in [0, 0.1) is 0 Å². The smallest absolute Gasteiger partial charge is 0.253 e. The van der Waals surface area contributed by atoms with Crippen molar-refractivity contribution in [2.75, 3.05) is 20.1 Å². The van der Waals surface area contributed by atoms with Gasteiger partial charge in [-0.15, -0.1) is 0 Å². The molecular formula is C14H19ClN2O2. The molecule has 0 radical (unpaired) electrons. The van der Waals surface area contributed by atoms with E-state index in [0.717, 1.165) is 12.8 Å². The average molecular weight is 283 g/mol. The van der Waals surface area contributed by atoms with Gasteiger partial charge in [-0.1, -0.05) is 37.1 Å². The number of halogens is 1. The number of hydrogen-bond donors (Lipinski definition) is 1. The van der Waals surface area contributed by atoms with Crippen molar-refractivity contribution in [1.29, 1.82) is 0 Å². The quantitative estimate of drug-likeness (QED) is 0.870. The molecule has 1 rings (SSSR count). The fourth-order valence-electron chi connectivity index (χ4n) is 1.55. The van der Waals surface area contributed by atoms with Crippen LogP contribution in [0.2, 0.25) is 5.02 Å². The normalized spacial score (nSPS) is 10.1. The number of carbonyl (C=O) groups excluding carboxylic acids is 2. The van der Waals surface area contributed by atoms with Crippen LogP contribution in [-0.2, 0) is 4.79 Å². The predicted molar refractivity (Wildman–Crippen MR) is 76.3 cm³/mol. The summed E-state index contributed by atoms with van der Waals surface area (Å²) in [6.07, 6.45) is 1.99. The lowest BCUT2D eigenvalue weighted by Crippen LogP contribution is -2.38. The summed E-state index contributed by atoms with van der Waals surface area (Å²) >= 11 is 5.91. The van der Waals surface area contributed by atoms with Crippen molar-refractivity contribution in [1.82, 2.24) is 10.2 Å². The maximum atomic E-state index is 11.8. The van der Waals surface area contributed by atoms with Crippen LogP contribution < -0.4 is 5.32 Å². The number of rotatable bonds is 6. The van der Waals surface area contributed by atoms with E-state index in [9.17, 15) is 9.59 Å². The van der Waals surface area contributed by atoms with Crippen LogP contribution in [0.25, 0.3) is 0 Å². The number of amides is 2. The summed E-state index contributed by atoms with van der Waals surface area (Å²) in [6, 6.07) is 6.76. The van der Waals surface area contributed by atoms with E-state index < -0.39 is 0 Å². The number of likely N-dealkylation sites (N-methyl/N-ethyl adjacent to an activating group) is 1. The number of nitrogens with one attached hydrogen (secondary N) is 1. The second kappa shape index (κ2) is 7.79. The highest BCUT2D eigenvalue weighted by atomic mass is 35.5. The maximum Gasteiger partial charge on any atom is 0.253 e. The molecule has 4 nitrogen and oxygen atoms in total. The molecular weight excluding hydrogens is 264 g/mol. The average Bonchev–Trinajstić information content (AvgIpc) is 2.42. The van der Waals surface area contributed by atoms with E-state index in [0.29, 0.717) is 17.1 Å². The molecule has 0 heterocycles. The standard InChI is InChI=1S/C14H19ClN2O2/c1-3-4-9-17(2)13(18)10-16-14(19)11-7-5-6-8-12(11)15/h5-8H,3-4,9-10H2,1-2H3,(H,16,19). The zero-order valence-electron chi connectivity index (χ0n) is 11.3. The van der Waals surface area contributed by atoms with E-state index in [1.807, 2.05) is 0 Å². The molecule has 0 unspecified atom stereocenters. The van der Waals surface area contributed by atoms with Crippen molar-refractivity contribution in [2.45, 2.75) is 19.8 Å². The molecule has 0 atom stereocenters. The van der Waals surface area contributed by atoms with E-state index in [2.05, 4.69) is 12.2 Å². The Morgan fingerprint density at radius 2 is 2.00 bits per heavy atom. The highest BCUT2D eigenvalue weighted by molar-refractivity contribution is 6.33. The molecule has 19 heavy (non-hydrogen) atoms. The molecule has 0 saturated carbocycles.